The molecule has 1 rings (SSSR count). The summed E-state index contributed by atoms with van der Waals surface area (Å²) in [4.78, 5) is 26.2. The number of carbonyl (C=O) groups excluding carboxylic acids is 2. The summed E-state index contributed by atoms with van der Waals surface area (Å²) in [6, 6.07) is 3.03. The van der Waals surface area contributed by atoms with E-state index in [0.717, 1.165) is 0 Å². The summed E-state index contributed by atoms with van der Waals surface area (Å²) >= 11 is 0. The highest BCUT2D eigenvalue weighted by Crippen LogP contribution is 2.07. The van der Waals surface area contributed by atoms with Crippen molar-refractivity contribution >= 4 is 11.9 Å². The molecule has 17 heavy (non-hydrogen) atoms. The number of carbonyl (C=O) groups is 2. The Morgan fingerprint density at radius 3 is 2.59 bits per heavy atom. The molecule has 0 saturated carbocycles. The summed E-state index contributed by atoms with van der Waals surface area (Å²) in [5.74, 6) is -0.817. The molecule has 0 atom stereocenters. The minimum Gasteiger partial charge on any atom is -0.481 e. The maximum Gasteiger partial charge on any atom is 0.344 e. The molecular weight excluding hydrogens is 226 g/mol. The average molecular weight is 239 g/mol. The van der Waals surface area contributed by atoms with E-state index in [9.17, 15) is 9.59 Å². The van der Waals surface area contributed by atoms with Crippen LogP contribution in [-0.4, -0.2) is 37.2 Å². The van der Waals surface area contributed by atoms with Gasteiger partial charge in [0, 0.05) is 12.3 Å². The van der Waals surface area contributed by atoms with E-state index in [4.69, 9.17) is 9.47 Å². The van der Waals surface area contributed by atoms with E-state index in [1.807, 2.05) is 0 Å². The highest BCUT2D eigenvalue weighted by Gasteiger charge is 2.11. The van der Waals surface area contributed by atoms with Crippen molar-refractivity contribution in [1.29, 1.82) is 0 Å². The number of nitrogens with zero attached hydrogens (tertiary/aromatic N) is 1. The van der Waals surface area contributed by atoms with Gasteiger partial charge < -0.3 is 14.2 Å². The van der Waals surface area contributed by atoms with Gasteiger partial charge in [0.25, 0.3) is 0 Å². The third-order valence-electron chi connectivity index (χ3n) is 1.81. The molecule has 0 fully saturated rings. The fraction of sp³-hybridized carbons (Fsp3) is 0.364. The molecule has 0 bridgehead atoms. The monoisotopic (exact) mass is 239 g/mol. The molecule has 0 spiro atoms. The molecule has 0 amide bonds. The molecule has 0 N–H and O–H groups in total. The number of esters is 2. The number of aromatic nitrogens is 1. The van der Waals surface area contributed by atoms with E-state index in [0.29, 0.717) is 5.88 Å². The van der Waals surface area contributed by atoms with Gasteiger partial charge in [-0.2, -0.15) is 0 Å². The molecule has 1 aromatic heterocycles. The van der Waals surface area contributed by atoms with E-state index in [-0.39, 0.29) is 12.2 Å². The lowest BCUT2D eigenvalue weighted by atomic mass is 10.3. The maximum absolute atomic E-state index is 11.4. The minimum atomic E-state index is -0.631. The zero-order chi connectivity index (χ0) is 12.7. The Hall–Kier alpha value is -2.11. The van der Waals surface area contributed by atoms with E-state index in [2.05, 4.69) is 9.72 Å². The van der Waals surface area contributed by atoms with E-state index < -0.39 is 18.5 Å². The number of rotatable bonds is 5. The Morgan fingerprint density at radius 1 is 1.29 bits per heavy atom. The third-order valence-corrected chi connectivity index (χ3v) is 1.81. The number of hydrogen-bond donors (Lipinski definition) is 0. The molecule has 6 nitrogen and oxygen atoms in total. The summed E-state index contributed by atoms with van der Waals surface area (Å²) in [7, 11) is 1.47. The van der Waals surface area contributed by atoms with Crippen molar-refractivity contribution in [3.63, 3.8) is 0 Å². The molecule has 0 aliphatic heterocycles. The predicted molar refractivity (Wildman–Crippen MR) is 57.7 cm³/mol. The van der Waals surface area contributed by atoms with Crippen LogP contribution in [0.2, 0.25) is 0 Å². The van der Waals surface area contributed by atoms with E-state index in [1.165, 1.54) is 25.4 Å². The first-order valence-corrected chi connectivity index (χ1v) is 5.00. The highest BCUT2D eigenvalue weighted by molar-refractivity contribution is 5.90. The minimum absolute atomic E-state index is 0.245. The predicted octanol–water partition coefficient (Wildman–Crippen LogP) is 0.810. The van der Waals surface area contributed by atoms with Crippen LogP contribution in [0.5, 0.6) is 5.88 Å². The quantitative estimate of drug-likeness (QED) is 0.708. The molecule has 1 aromatic rings. The Bertz CT molecular complexity index is 387. The molecule has 92 valence electrons. The van der Waals surface area contributed by atoms with E-state index >= 15 is 0 Å². The number of pyridine rings is 1. The number of hydrogen-bond acceptors (Lipinski definition) is 6. The molecule has 0 aliphatic rings. The van der Waals surface area contributed by atoms with Crippen LogP contribution >= 0.6 is 0 Å². The maximum atomic E-state index is 11.4. The van der Waals surface area contributed by atoms with Gasteiger partial charge in [-0.25, -0.2) is 14.6 Å². The average Bonchev–Trinajstić information content (AvgIpc) is 2.36. The Balaban J connectivity index is 2.49. The van der Waals surface area contributed by atoms with Crippen molar-refractivity contribution in [2.24, 2.45) is 0 Å². The standard InChI is InChI=1S/C11H13NO5/c1-3-16-10(13)7-17-11(14)8-4-5-9(15-2)12-6-8/h4-6H,3,7H2,1-2H3. The highest BCUT2D eigenvalue weighted by atomic mass is 16.6. The van der Waals surface area contributed by atoms with Crippen molar-refractivity contribution in [3.8, 4) is 5.88 Å². The Labute approximate surface area is 98.5 Å². The van der Waals surface area contributed by atoms with Gasteiger partial charge in [-0.1, -0.05) is 0 Å². The molecule has 0 radical (unpaired) electrons. The van der Waals surface area contributed by atoms with Gasteiger partial charge in [-0.05, 0) is 13.0 Å². The van der Waals surface area contributed by atoms with Gasteiger partial charge in [0.15, 0.2) is 6.61 Å². The SMILES string of the molecule is CCOC(=O)COC(=O)c1ccc(OC)nc1. The Morgan fingerprint density at radius 2 is 2.06 bits per heavy atom. The zero-order valence-electron chi connectivity index (χ0n) is 9.63. The molecule has 1 heterocycles. The van der Waals surface area contributed by atoms with Crippen LogP contribution < -0.4 is 4.74 Å². The lowest BCUT2D eigenvalue weighted by Gasteiger charge is -2.04. The van der Waals surface area contributed by atoms with Crippen LogP contribution in [0.15, 0.2) is 18.3 Å². The second kappa shape index (κ2) is 6.47. The van der Waals surface area contributed by atoms with E-state index in [1.54, 1.807) is 6.92 Å². The largest absolute Gasteiger partial charge is 0.481 e. The van der Waals surface area contributed by atoms with Gasteiger partial charge in [0.2, 0.25) is 5.88 Å². The molecule has 0 aromatic carbocycles. The first-order chi connectivity index (χ1) is 8.17. The van der Waals surface area contributed by atoms with Crippen LogP contribution in [0.4, 0.5) is 0 Å². The van der Waals surface area contributed by atoms with Crippen molar-refractivity contribution in [3.05, 3.63) is 23.9 Å². The summed E-state index contributed by atoms with van der Waals surface area (Å²) in [5, 5.41) is 0. The van der Waals surface area contributed by atoms with Crippen molar-refractivity contribution in [2.45, 2.75) is 6.92 Å². The van der Waals surface area contributed by atoms with Gasteiger partial charge in [-0.3, -0.25) is 0 Å². The topological polar surface area (TPSA) is 74.7 Å². The van der Waals surface area contributed by atoms with Crippen LogP contribution in [-0.2, 0) is 14.3 Å². The summed E-state index contributed by atoms with van der Waals surface area (Å²) < 4.78 is 14.2. The first kappa shape index (κ1) is 13.0. The fourth-order valence-corrected chi connectivity index (χ4v) is 1.03. The lowest BCUT2D eigenvalue weighted by Crippen LogP contribution is -2.16. The second-order valence-electron chi connectivity index (χ2n) is 2.97. The first-order valence-electron chi connectivity index (χ1n) is 5.00. The van der Waals surface area contributed by atoms with Crippen LogP contribution in [0, 0.1) is 0 Å². The van der Waals surface area contributed by atoms with Gasteiger partial charge in [0.1, 0.15) is 0 Å². The smallest absolute Gasteiger partial charge is 0.344 e. The molecule has 0 unspecified atom stereocenters. The van der Waals surface area contributed by atoms with Gasteiger partial charge >= 0.3 is 11.9 Å². The Kier molecular flexibility index (Phi) is 4.93. The van der Waals surface area contributed by atoms with Crippen molar-refractivity contribution < 1.29 is 23.8 Å². The van der Waals surface area contributed by atoms with Crippen molar-refractivity contribution in [2.75, 3.05) is 20.3 Å². The molecule has 0 aliphatic carbocycles. The van der Waals surface area contributed by atoms with Crippen molar-refractivity contribution in [1.82, 2.24) is 4.98 Å². The molecular formula is C11H13NO5. The number of ether oxygens (including phenoxy) is 3. The third kappa shape index (κ3) is 4.10. The van der Waals surface area contributed by atoms with Gasteiger partial charge in [-0.15, -0.1) is 0 Å². The van der Waals surface area contributed by atoms with Crippen LogP contribution in [0.25, 0.3) is 0 Å². The molecule has 6 heteroatoms. The summed E-state index contributed by atoms with van der Waals surface area (Å²) in [5.41, 5.74) is 0.245. The number of methoxy groups -OCH3 is 1. The van der Waals surface area contributed by atoms with Gasteiger partial charge in [0.05, 0.1) is 19.3 Å². The van der Waals surface area contributed by atoms with Crippen LogP contribution in [0.1, 0.15) is 17.3 Å². The zero-order valence-corrected chi connectivity index (χ0v) is 9.63. The van der Waals surface area contributed by atoms with Crippen LogP contribution in [0.3, 0.4) is 0 Å². The lowest BCUT2D eigenvalue weighted by molar-refractivity contribution is -0.146. The summed E-state index contributed by atoms with van der Waals surface area (Å²) in [6.07, 6.45) is 1.31. The summed E-state index contributed by atoms with van der Waals surface area (Å²) in [6.45, 7) is 1.52. The second-order valence-corrected chi connectivity index (χ2v) is 2.97. The normalized spacial score (nSPS) is 9.53. The molecule has 0 saturated heterocycles. The fourth-order valence-electron chi connectivity index (χ4n) is 1.03.